The summed E-state index contributed by atoms with van der Waals surface area (Å²) in [6.07, 6.45) is 4.73. The van der Waals surface area contributed by atoms with Crippen LogP contribution in [0.15, 0.2) is 24.3 Å². The summed E-state index contributed by atoms with van der Waals surface area (Å²) in [5, 5.41) is 12.5. The second-order valence-electron chi connectivity index (χ2n) is 6.99. The molecule has 0 aliphatic heterocycles. The van der Waals surface area contributed by atoms with E-state index in [-0.39, 0.29) is 12.5 Å². The van der Waals surface area contributed by atoms with E-state index < -0.39 is 17.3 Å². The second-order valence-corrected chi connectivity index (χ2v) is 6.99. The van der Waals surface area contributed by atoms with Gasteiger partial charge in [-0.3, -0.25) is 9.59 Å². The van der Waals surface area contributed by atoms with Gasteiger partial charge in [0.2, 0.25) is 5.91 Å². The molecule has 0 saturated heterocycles. The van der Waals surface area contributed by atoms with Gasteiger partial charge >= 0.3 is 5.97 Å². The van der Waals surface area contributed by atoms with Crippen LogP contribution in [-0.4, -0.2) is 44.4 Å². The number of benzene rings is 1. The Morgan fingerprint density at radius 1 is 1.23 bits per heavy atom. The lowest BCUT2D eigenvalue weighted by Gasteiger charge is -2.28. The highest BCUT2D eigenvalue weighted by atomic mass is 16.5. The van der Waals surface area contributed by atoms with Gasteiger partial charge in [0.15, 0.2) is 0 Å². The van der Waals surface area contributed by atoms with Crippen LogP contribution in [0.2, 0.25) is 0 Å². The number of carbonyl (C=O) groups is 2. The van der Waals surface area contributed by atoms with Gasteiger partial charge in [-0.05, 0) is 37.3 Å². The standard InChI is InChI=1S/C20H29NO5/c1-25-12-11-20(9-5-6-10-20)19(24)21-14-16(18(22)23)13-15-7-3-4-8-17(15)26-2/h3-4,7-8,16H,5-6,9-14H2,1-2H3,(H,21,24)(H,22,23). The minimum Gasteiger partial charge on any atom is -0.496 e. The van der Waals surface area contributed by atoms with Crippen molar-refractivity contribution in [2.24, 2.45) is 11.3 Å². The Balaban J connectivity index is 2.01. The fourth-order valence-electron chi connectivity index (χ4n) is 3.73. The third kappa shape index (κ3) is 4.97. The summed E-state index contributed by atoms with van der Waals surface area (Å²) < 4.78 is 10.5. The van der Waals surface area contributed by atoms with Gasteiger partial charge in [-0.25, -0.2) is 0 Å². The first-order valence-electron chi connectivity index (χ1n) is 9.14. The zero-order chi connectivity index (χ0) is 19.0. The van der Waals surface area contributed by atoms with Crippen molar-refractivity contribution >= 4 is 11.9 Å². The van der Waals surface area contributed by atoms with Gasteiger partial charge in [-0.15, -0.1) is 0 Å². The van der Waals surface area contributed by atoms with Crippen LogP contribution in [0.4, 0.5) is 0 Å². The van der Waals surface area contributed by atoms with E-state index in [0.717, 1.165) is 31.2 Å². The smallest absolute Gasteiger partial charge is 0.308 e. The molecule has 0 bridgehead atoms. The van der Waals surface area contributed by atoms with Crippen molar-refractivity contribution in [2.75, 3.05) is 27.4 Å². The Kier molecular flexibility index (Phi) is 7.45. The maximum atomic E-state index is 12.8. The highest BCUT2D eigenvalue weighted by Gasteiger charge is 2.40. The van der Waals surface area contributed by atoms with Gasteiger partial charge in [-0.1, -0.05) is 31.0 Å². The molecule has 1 amide bonds. The number of carboxylic acids is 1. The summed E-state index contributed by atoms with van der Waals surface area (Å²) in [6.45, 7) is 0.651. The number of carbonyl (C=O) groups excluding carboxylic acids is 1. The highest BCUT2D eigenvalue weighted by molar-refractivity contribution is 5.83. The van der Waals surface area contributed by atoms with E-state index in [1.165, 1.54) is 0 Å². The molecule has 0 aromatic heterocycles. The molecule has 0 radical (unpaired) electrons. The molecule has 1 unspecified atom stereocenters. The molecule has 1 atom stereocenters. The van der Waals surface area contributed by atoms with Crippen LogP contribution in [-0.2, 0) is 20.7 Å². The zero-order valence-electron chi connectivity index (χ0n) is 15.6. The predicted molar refractivity (Wildman–Crippen MR) is 98.2 cm³/mol. The fraction of sp³-hybridized carbons (Fsp3) is 0.600. The minimum absolute atomic E-state index is 0.0432. The third-order valence-electron chi connectivity index (χ3n) is 5.34. The number of amides is 1. The lowest BCUT2D eigenvalue weighted by atomic mass is 9.81. The molecule has 144 valence electrons. The van der Waals surface area contributed by atoms with Crippen molar-refractivity contribution in [2.45, 2.75) is 38.5 Å². The first kappa shape index (κ1) is 20.2. The van der Waals surface area contributed by atoms with E-state index in [2.05, 4.69) is 5.32 Å². The van der Waals surface area contributed by atoms with Crippen molar-refractivity contribution in [3.63, 3.8) is 0 Å². The van der Waals surface area contributed by atoms with Gasteiger partial charge in [0.1, 0.15) is 5.75 Å². The number of methoxy groups -OCH3 is 2. The van der Waals surface area contributed by atoms with E-state index in [1.807, 2.05) is 24.3 Å². The Hall–Kier alpha value is -2.08. The maximum absolute atomic E-state index is 12.8. The number of rotatable bonds is 10. The summed E-state index contributed by atoms with van der Waals surface area (Å²) in [4.78, 5) is 24.5. The van der Waals surface area contributed by atoms with Gasteiger partial charge in [0.25, 0.3) is 0 Å². The molecule has 0 heterocycles. The van der Waals surface area contributed by atoms with Crippen LogP contribution < -0.4 is 10.1 Å². The van der Waals surface area contributed by atoms with Gasteiger partial charge in [-0.2, -0.15) is 0 Å². The van der Waals surface area contributed by atoms with Crippen LogP contribution in [0.1, 0.15) is 37.7 Å². The first-order valence-corrected chi connectivity index (χ1v) is 9.14. The molecule has 1 aromatic carbocycles. The van der Waals surface area contributed by atoms with E-state index in [0.29, 0.717) is 25.2 Å². The number of hydrogen-bond donors (Lipinski definition) is 2. The van der Waals surface area contributed by atoms with Gasteiger partial charge < -0.3 is 19.9 Å². The lowest BCUT2D eigenvalue weighted by molar-refractivity contribution is -0.142. The SMILES string of the molecule is COCCC1(C(=O)NCC(Cc2ccccc2OC)C(=O)O)CCCC1. The van der Waals surface area contributed by atoms with Crippen LogP contribution in [0.3, 0.4) is 0 Å². The average Bonchev–Trinajstić information content (AvgIpc) is 3.13. The van der Waals surface area contributed by atoms with Crippen LogP contribution in [0.25, 0.3) is 0 Å². The summed E-state index contributed by atoms with van der Waals surface area (Å²) in [6, 6.07) is 7.37. The lowest BCUT2D eigenvalue weighted by Crippen LogP contribution is -2.43. The molecular weight excluding hydrogens is 334 g/mol. The second kappa shape index (κ2) is 9.57. The van der Waals surface area contributed by atoms with E-state index in [9.17, 15) is 14.7 Å². The van der Waals surface area contributed by atoms with E-state index in [4.69, 9.17) is 9.47 Å². The van der Waals surface area contributed by atoms with Crippen LogP contribution in [0, 0.1) is 11.3 Å². The molecule has 26 heavy (non-hydrogen) atoms. The van der Waals surface area contributed by atoms with Gasteiger partial charge in [0.05, 0.1) is 18.4 Å². The van der Waals surface area contributed by atoms with Crippen molar-refractivity contribution in [1.29, 1.82) is 0 Å². The monoisotopic (exact) mass is 363 g/mol. The number of para-hydroxylation sites is 1. The number of hydrogen-bond acceptors (Lipinski definition) is 4. The Morgan fingerprint density at radius 3 is 2.54 bits per heavy atom. The first-order chi connectivity index (χ1) is 12.5. The maximum Gasteiger partial charge on any atom is 0.308 e. The topological polar surface area (TPSA) is 84.9 Å². The number of nitrogens with one attached hydrogen (secondary N) is 1. The van der Waals surface area contributed by atoms with Gasteiger partial charge in [0, 0.05) is 20.3 Å². The van der Waals surface area contributed by atoms with Crippen LogP contribution in [0.5, 0.6) is 5.75 Å². The molecule has 1 aliphatic carbocycles. The van der Waals surface area contributed by atoms with Crippen LogP contribution >= 0.6 is 0 Å². The van der Waals surface area contributed by atoms with E-state index in [1.54, 1.807) is 14.2 Å². The highest BCUT2D eigenvalue weighted by Crippen LogP contribution is 2.41. The molecule has 1 aromatic rings. The molecule has 1 aliphatic rings. The Labute approximate surface area is 154 Å². The Morgan fingerprint density at radius 2 is 1.92 bits per heavy atom. The summed E-state index contributed by atoms with van der Waals surface area (Å²) in [5.74, 6) is -1.000. The molecule has 0 spiro atoms. The predicted octanol–water partition coefficient (Wildman–Crippen LogP) is 2.65. The Bertz CT molecular complexity index is 610. The van der Waals surface area contributed by atoms with Crippen molar-refractivity contribution in [3.05, 3.63) is 29.8 Å². The molecule has 6 heteroatoms. The fourth-order valence-corrected chi connectivity index (χ4v) is 3.73. The molecular formula is C20H29NO5. The summed E-state index contributed by atoms with van der Waals surface area (Å²) in [7, 11) is 3.20. The van der Waals surface area contributed by atoms with Crippen molar-refractivity contribution < 1.29 is 24.2 Å². The molecule has 2 N–H and O–H groups in total. The van der Waals surface area contributed by atoms with Crippen molar-refractivity contribution in [3.8, 4) is 5.75 Å². The molecule has 2 rings (SSSR count). The summed E-state index contributed by atoms with van der Waals surface area (Å²) >= 11 is 0. The molecule has 6 nitrogen and oxygen atoms in total. The quantitative estimate of drug-likeness (QED) is 0.668. The largest absolute Gasteiger partial charge is 0.496 e. The number of ether oxygens (including phenoxy) is 2. The zero-order valence-corrected chi connectivity index (χ0v) is 15.6. The molecule has 1 fully saturated rings. The number of aliphatic carboxylic acids is 1. The minimum atomic E-state index is -0.923. The van der Waals surface area contributed by atoms with Crippen molar-refractivity contribution in [1.82, 2.24) is 5.32 Å². The number of carboxylic acid groups (broad SMARTS) is 1. The summed E-state index contributed by atoms with van der Waals surface area (Å²) in [5.41, 5.74) is 0.412. The average molecular weight is 363 g/mol. The van der Waals surface area contributed by atoms with E-state index >= 15 is 0 Å². The molecule has 1 saturated carbocycles. The normalized spacial score (nSPS) is 16.8. The third-order valence-corrected chi connectivity index (χ3v) is 5.34.